The van der Waals surface area contributed by atoms with E-state index in [0.29, 0.717) is 32.5 Å². The third-order valence-corrected chi connectivity index (χ3v) is 6.66. The molecule has 162 valence electrons. The van der Waals surface area contributed by atoms with E-state index in [0.717, 1.165) is 6.42 Å². The lowest BCUT2D eigenvalue weighted by molar-refractivity contribution is -0.113. The fraction of sp³-hybridized carbons (Fsp3) is 0.125. The average Bonchev–Trinajstić information content (AvgIpc) is 2.81. The normalized spacial score (nSPS) is 11.0. The van der Waals surface area contributed by atoms with E-state index in [-0.39, 0.29) is 22.2 Å². The van der Waals surface area contributed by atoms with E-state index in [1.165, 1.54) is 17.3 Å². The van der Waals surface area contributed by atoms with E-state index in [4.69, 9.17) is 23.2 Å². The van der Waals surface area contributed by atoms with E-state index >= 15 is 0 Å². The Morgan fingerprint density at radius 3 is 2.53 bits per heavy atom. The van der Waals surface area contributed by atoms with E-state index in [1.807, 2.05) is 36.4 Å². The van der Waals surface area contributed by atoms with Gasteiger partial charge in [0.2, 0.25) is 5.91 Å². The van der Waals surface area contributed by atoms with Crippen molar-refractivity contribution in [1.82, 2.24) is 9.55 Å². The zero-order valence-electron chi connectivity index (χ0n) is 17.1. The summed E-state index contributed by atoms with van der Waals surface area (Å²) in [5, 5.41) is 4.35. The molecule has 8 heteroatoms. The van der Waals surface area contributed by atoms with Gasteiger partial charge in [0.15, 0.2) is 5.16 Å². The number of carbonyl (C=O) groups excluding carboxylic acids is 1. The highest BCUT2D eigenvalue weighted by Crippen LogP contribution is 2.30. The molecule has 4 aromatic rings. The first-order valence-electron chi connectivity index (χ1n) is 9.95. The number of benzene rings is 3. The van der Waals surface area contributed by atoms with Gasteiger partial charge in [-0.1, -0.05) is 72.2 Å². The van der Waals surface area contributed by atoms with Gasteiger partial charge in [0, 0.05) is 0 Å². The second kappa shape index (κ2) is 9.77. The SMILES string of the molecule is CCc1ccc(-n2c(SCC(=O)Nc3cccc(Cl)c3Cl)nc3ccccc3c2=O)cc1. The number of carbonyl (C=O) groups is 1. The largest absolute Gasteiger partial charge is 0.324 e. The summed E-state index contributed by atoms with van der Waals surface area (Å²) >= 11 is 13.4. The number of nitrogens with one attached hydrogen (secondary N) is 1. The molecule has 0 atom stereocenters. The fourth-order valence-corrected chi connectivity index (χ4v) is 4.39. The van der Waals surface area contributed by atoms with Crippen LogP contribution in [0.4, 0.5) is 5.69 Å². The Morgan fingerprint density at radius 2 is 1.78 bits per heavy atom. The lowest BCUT2D eigenvalue weighted by Gasteiger charge is -2.14. The van der Waals surface area contributed by atoms with Crippen LogP contribution in [-0.2, 0) is 11.2 Å². The molecule has 0 saturated carbocycles. The highest BCUT2D eigenvalue weighted by molar-refractivity contribution is 7.99. The van der Waals surface area contributed by atoms with Gasteiger partial charge in [-0.25, -0.2) is 4.98 Å². The number of hydrogen-bond donors (Lipinski definition) is 1. The van der Waals surface area contributed by atoms with Crippen LogP contribution in [0.2, 0.25) is 10.0 Å². The molecular formula is C24H19Cl2N3O2S. The Kier molecular flexibility index (Phi) is 6.84. The van der Waals surface area contributed by atoms with Gasteiger partial charge in [0.25, 0.3) is 5.56 Å². The van der Waals surface area contributed by atoms with Gasteiger partial charge in [-0.3, -0.25) is 14.2 Å². The summed E-state index contributed by atoms with van der Waals surface area (Å²) in [6.45, 7) is 2.07. The molecule has 0 aliphatic rings. The number of nitrogens with zero attached hydrogens (tertiary/aromatic N) is 2. The Bertz CT molecular complexity index is 1350. The van der Waals surface area contributed by atoms with Gasteiger partial charge < -0.3 is 5.32 Å². The van der Waals surface area contributed by atoms with E-state index < -0.39 is 0 Å². The van der Waals surface area contributed by atoms with Crippen LogP contribution in [0, 0.1) is 0 Å². The summed E-state index contributed by atoms with van der Waals surface area (Å²) in [6, 6.07) is 20.0. The topological polar surface area (TPSA) is 64.0 Å². The minimum atomic E-state index is -0.283. The third-order valence-electron chi connectivity index (χ3n) is 4.91. The predicted octanol–water partition coefficient (Wildman–Crippen LogP) is 5.99. The molecule has 1 N–H and O–H groups in total. The number of amides is 1. The molecule has 5 nitrogen and oxygen atoms in total. The van der Waals surface area contributed by atoms with Crippen molar-refractivity contribution >= 4 is 57.5 Å². The molecule has 1 heterocycles. The fourth-order valence-electron chi connectivity index (χ4n) is 3.23. The first-order valence-corrected chi connectivity index (χ1v) is 11.7. The number of fused-ring (bicyclic) bond motifs is 1. The van der Waals surface area contributed by atoms with Crippen molar-refractivity contribution in [3.8, 4) is 5.69 Å². The maximum Gasteiger partial charge on any atom is 0.266 e. The van der Waals surface area contributed by atoms with E-state index in [1.54, 1.807) is 34.9 Å². The van der Waals surface area contributed by atoms with Crippen molar-refractivity contribution in [3.05, 3.63) is 92.7 Å². The monoisotopic (exact) mass is 483 g/mol. The zero-order valence-corrected chi connectivity index (χ0v) is 19.5. The Morgan fingerprint density at radius 1 is 1.03 bits per heavy atom. The average molecular weight is 484 g/mol. The van der Waals surface area contributed by atoms with Gasteiger partial charge in [-0.2, -0.15) is 0 Å². The second-order valence-corrected chi connectivity index (χ2v) is 8.74. The van der Waals surface area contributed by atoms with E-state index in [9.17, 15) is 9.59 Å². The molecule has 0 aliphatic carbocycles. The highest BCUT2D eigenvalue weighted by Gasteiger charge is 2.15. The number of halogens is 2. The molecule has 4 rings (SSSR count). The van der Waals surface area contributed by atoms with Gasteiger partial charge >= 0.3 is 0 Å². The Balaban J connectivity index is 1.67. The van der Waals surface area contributed by atoms with Crippen molar-refractivity contribution in [1.29, 1.82) is 0 Å². The first-order chi connectivity index (χ1) is 15.5. The molecule has 1 aromatic heterocycles. The third kappa shape index (κ3) is 4.67. The number of aromatic nitrogens is 2. The van der Waals surface area contributed by atoms with Crippen molar-refractivity contribution in [3.63, 3.8) is 0 Å². The molecule has 0 saturated heterocycles. The van der Waals surface area contributed by atoms with Crippen molar-refractivity contribution < 1.29 is 4.79 Å². The maximum absolute atomic E-state index is 13.3. The first kappa shape index (κ1) is 22.4. The maximum atomic E-state index is 13.3. The van der Waals surface area contributed by atoms with Crippen LogP contribution in [0.1, 0.15) is 12.5 Å². The predicted molar refractivity (Wildman–Crippen MR) is 133 cm³/mol. The molecule has 32 heavy (non-hydrogen) atoms. The summed E-state index contributed by atoms with van der Waals surface area (Å²) in [5.41, 5.74) is 2.71. The van der Waals surface area contributed by atoms with Crippen LogP contribution in [0.15, 0.2) is 76.7 Å². The highest BCUT2D eigenvalue weighted by atomic mass is 35.5. The number of thioether (sulfide) groups is 1. The van der Waals surface area contributed by atoms with Crippen LogP contribution < -0.4 is 10.9 Å². The van der Waals surface area contributed by atoms with Crippen LogP contribution in [-0.4, -0.2) is 21.2 Å². The van der Waals surface area contributed by atoms with Gasteiger partial charge in [0.05, 0.1) is 38.1 Å². The van der Waals surface area contributed by atoms with Crippen LogP contribution in [0.25, 0.3) is 16.6 Å². The molecule has 0 radical (unpaired) electrons. The van der Waals surface area contributed by atoms with Gasteiger partial charge in [0.1, 0.15) is 0 Å². The smallest absolute Gasteiger partial charge is 0.266 e. The molecular weight excluding hydrogens is 465 g/mol. The molecule has 0 unspecified atom stereocenters. The van der Waals surface area contributed by atoms with Crippen molar-refractivity contribution in [2.45, 2.75) is 18.5 Å². The summed E-state index contributed by atoms with van der Waals surface area (Å²) in [4.78, 5) is 30.5. The Labute approximate surface area is 199 Å². The van der Waals surface area contributed by atoms with Gasteiger partial charge in [-0.15, -0.1) is 0 Å². The standard InChI is InChI=1S/C24H19Cl2N3O2S/c1-2-15-10-12-16(13-11-15)29-23(31)17-6-3-4-8-19(17)28-24(29)32-14-21(30)27-20-9-5-7-18(25)22(20)26/h3-13H,2,14H2,1H3,(H,27,30). The number of anilines is 1. The summed E-state index contributed by atoms with van der Waals surface area (Å²) in [7, 11) is 0. The lowest BCUT2D eigenvalue weighted by Crippen LogP contribution is -2.23. The van der Waals surface area contributed by atoms with Gasteiger partial charge in [-0.05, 0) is 48.4 Å². The molecule has 0 bridgehead atoms. The van der Waals surface area contributed by atoms with Crippen LogP contribution >= 0.6 is 35.0 Å². The zero-order chi connectivity index (χ0) is 22.7. The minimum absolute atomic E-state index is 0.0423. The molecule has 0 aliphatic heterocycles. The number of aryl methyl sites for hydroxylation is 1. The number of rotatable bonds is 6. The lowest BCUT2D eigenvalue weighted by atomic mass is 10.1. The van der Waals surface area contributed by atoms with E-state index in [2.05, 4.69) is 17.2 Å². The molecule has 1 amide bonds. The van der Waals surface area contributed by atoms with Crippen LogP contribution in [0.3, 0.4) is 0 Å². The molecule has 0 spiro atoms. The van der Waals surface area contributed by atoms with Crippen molar-refractivity contribution in [2.24, 2.45) is 0 Å². The summed E-state index contributed by atoms with van der Waals surface area (Å²) in [6.07, 6.45) is 0.902. The Hall–Kier alpha value is -2.80. The number of para-hydroxylation sites is 1. The minimum Gasteiger partial charge on any atom is -0.324 e. The molecule has 0 fully saturated rings. The summed E-state index contributed by atoms with van der Waals surface area (Å²) in [5.74, 6) is -0.241. The number of hydrogen-bond acceptors (Lipinski definition) is 4. The van der Waals surface area contributed by atoms with Crippen LogP contribution in [0.5, 0.6) is 0 Å². The quantitative estimate of drug-likeness (QED) is 0.270. The molecule has 3 aromatic carbocycles. The van der Waals surface area contributed by atoms with Crippen molar-refractivity contribution in [2.75, 3.05) is 11.1 Å². The second-order valence-electron chi connectivity index (χ2n) is 7.01. The summed E-state index contributed by atoms with van der Waals surface area (Å²) < 4.78 is 1.55.